The third-order valence-electron chi connectivity index (χ3n) is 2.47. The lowest BCUT2D eigenvalue weighted by Crippen LogP contribution is -2.48. The Kier molecular flexibility index (Phi) is 4.28. The molecule has 1 aromatic rings. The average molecular weight is 273 g/mol. The Morgan fingerprint density at radius 2 is 2.12 bits per heavy atom. The van der Waals surface area contributed by atoms with E-state index in [2.05, 4.69) is 18.1 Å². The second kappa shape index (κ2) is 5.73. The van der Waals surface area contributed by atoms with Gasteiger partial charge in [0.1, 0.15) is 0 Å². The number of hydrogen-bond donors (Lipinski definition) is 2. The number of hydrogen-bond acceptors (Lipinski definition) is 4. The van der Waals surface area contributed by atoms with Gasteiger partial charge in [-0.05, 0) is 18.2 Å². The van der Waals surface area contributed by atoms with Gasteiger partial charge in [-0.25, -0.2) is 5.01 Å². The summed E-state index contributed by atoms with van der Waals surface area (Å²) >= 11 is 10.2. The molecule has 1 heterocycles. The topological polar surface area (TPSA) is 41.6 Å². The van der Waals surface area contributed by atoms with Crippen LogP contribution in [-0.2, 0) is 4.74 Å². The van der Waals surface area contributed by atoms with Crippen LogP contribution in [-0.4, -0.2) is 37.2 Å². The summed E-state index contributed by atoms with van der Waals surface area (Å²) in [6, 6.07) is 5.07. The molecule has 0 unspecified atom stereocenters. The fourth-order valence-electron chi connectivity index (χ4n) is 1.57. The molecule has 0 saturated carbocycles. The molecule has 0 aromatic heterocycles. The molecule has 1 saturated heterocycles. The van der Waals surface area contributed by atoms with Crippen molar-refractivity contribution in [2.24, 2.45) is 0 Å². The van der Waals surface area contributed by atoms with Crippen LogP contribution >= 0.6 is 24.2 Å². The number of morpholine rings is 1. The largest absolute Gasteiger partial charge is 0.379 e. The maximum absolute atomic E-state index is 12.0. The molecular weight excluding hydrogens is 260 g/mol. The summed E-state index contributed by atoms with van der Waals surface area (Å²) in [5, 5.41) is 2.25. The van der Waals surface area contributed by atoms with Crippen molar-refractivity contribution >= 4 is 30.1 Å². The Labute approximate surface area is 110 Å². The van der Waals surface area contributed by atoms with Crippen molar-refractivity contribution in [3.05, 3.63) is 28.8 Å². The fraction of sp³-hybridized carbons (Fsp3) is 0.364. The molecule has 1 fully saturated rings. The number of halogens is 1. The maximum atomic E-state index is 12.0. The van der Waals surface area contributed by atoms with Crippen molar-refractivity contribution < 1.29 is 9.53 Å². The van der Waals surface area contributed by atoms with Gasteiger partial charge in [-0.15, -0.1) is 12.6 Å². The summed E-state index contributed by atoms with van der Waals surface area (Å²) in [7, 11) is 0. The first-order valence-electron chi connectivity index (χ1n) is 5.29. The lowest BCUT2D eigenvalue weighted by molar-refractivity contribution is 0.0126. The van der Waals surface area contributed by atoms with E-state index >= 15 is 0 Å². The van der Waals surface area contributed by atoms with E-state index in [1.54, 1.807) is 18.2 Å². The molecular formula is C11H13ClN2O2S. The summed E-state index contributed by atoms with van der Waals surface area (Å²) in [5.41, 5.74) is 3.23. The second-order valence-corrected chi connectivity index (χ2v) is 4.63. The number of hydrazine groups is 1. The van der Waals surface area contributed by atoms with Crippen LogP contribution in [0.1, 0.15) is 10.4 Å². The predicted molar refractivity (Wildman–Crippen MR) is 68.6 cm³/mol. The minimum Gasteiger partial charge on any atom is -0.379 e. The van der Waals surface area contributed by atoms with Crippen molar-refractivity contribution in [3.63, 3.8) is 0 Å². The van der Waals surface area contributed by atoms with Gasteiger partial charge in [0.2, 0.25) is 0 Å². The number of nitrogens with one attached hydrogen (secondary N) is 1. The van der Waals surface area contributed by atoms with Gasteiger partial charge in [0.25, 0.3) is 5.91 Å². The van der Waals surface area contributed by atoms with Crippen LogP contribution in [0.2, 0.25) is 5.02 Å². The van der Waals surface area contributed by atoms with Crippen molar-refractivity contribution in [3.8, 4) is 0 Å². The first-order valence-corrected chi connectivity index (χ1v) is 6.11. The highest BCUT2D eigenvalue weighted by atomic mass is 35.5. The SMILES string of the molecule is O=C(NN1CCOCC1)c1cc(S)ccc1Cl. The van der Waals surface area contributed by atoms with E-state index in [1.165, 1.54) is 0 Å². The molecule has 6 heteroatoms. The van der Waals surface area contributed by atoms with Crippen LogP contribution in [0.25, 0.3) is 0 Å². The molecule has 1 aliphatic rings. The molecule has 1 N–H and O–H groups in total. The van der Waals surface area contributed by atoms with Crippen molar-refractivity contribution in [2.75, 3.05) is 26.3 Å². The zero-order chi connectivity index (χ0) is 12.3. The molecule has 0 spiro atoms. The minimum absolute atomic E-state index is 0.215. The fourth-order valence-corrected chi connectivity index (χ4v) is 1.97. The van der Waals surface area contributed by atoms with Gasteiger partial charge in [-0.2, -0.15) is 0 Å². The summed E-state index contributed by atoms with van der Waals surface area (Å²) in [4.78, 5) is 12.7. The smallest absolute Gasteiger partial charge is 0.267 e. The van der Waals surface area contributed by atoms with Gasteiger partial charge >= 0.3 is 0 Å². The van der Waals surface area contributed by atoms with Gasteiger partial charge in [0, 0.05) is 18.0 Å². The predicted octanol–water partition coefficient (Wildman–Crippen LogP) is 1.61. The highest BCUT2D eigenvalue weighted by molar-refractivity contribution is 7.80. The van der Waals surface area contributed by atoms with Crippen molar-refractivity contribution in [1.82, 2.24) is 10.4 Å². The second-order valence-electron chi connectivity index (χ2n) is 3.70. The number of thiol groups is 1. The average Bonchev–Trinajstić information content (AvgIpc) is 2.33. The third-order valence-corrected chi connectivity index (χ3v) is 3.07. The molecule has 92 valence electrons. The summed E-state index contributed by atoms with van der Waals surface area (Å²) in [6.07, 6.45) is 0. The van der Waals surface area contributed by atoms with Gasteiger partial charge in [-0.1, -0.05) is 11.6 Å². The summed E-state index contributed by atoms with van der Waals surface area (Å²) < 4.78 is 5.20. The Bertz CT molecular complexity index is 422. The Morgan fingerprint density at radius 1 is 1.41 bits per heavy atom. The standard InChI is InChI=1S/C11H13ClN2O2S/c12-10-2-1-8(17)7-9(10)11(15)13-14-3-5-16-6-4-14/h1-2,7,17H,3-6H2,(H,13,15). The Morgan fingerprint density at radius 3 is 2.82 bits per heavy atom. The lowest BCUT2D eigenvalue weighted by atomic mass is 10.2. The first kappa shape index (κ1) is 12.7. The van der Waals surface area contributed by atoms with Crippen LogP contribution in [0.15, 0.2) is 23.1 Å². The van der Waals surface area contributed by atoms with E-state index in [9.17, 15) is 4.79 Å². The number of carbonyl (C=O) groups is 1. The van der Waals surface area contributed by atoms with Gasteiger partial charge < -0.3 is 4.74 Å². The van der Waals surface area contributed by atoms with Crippen LogP contribution in [0.4, 0.5) is 0 Å². The number of carbonyl (C=O) groups excluding carboxylic acids is 1. The van der Waals surface area contributed by atoms with Gasteiger partial charge in [0.05, 0.1) is 23.8 Å². The van der Waals surface area contributed by atoms with Crippen molar-refractivity contribution in [1.29, 1.82) is 0 Å². The van der Waals surface area contributed by atoms with Crippen LogP contribution in [0, 0.1) is 0 Å². The molecule has 17 heavy (non-hydrogen) atoms. The number of nitrogens with zero attached hydrogens (tertiary/aromatic N) is 1. The third kappa shape index (κ3) is 3.35. The number of benzene rings is 1. The van der Waals surface area contributed by atoms with E-state index in [0.717, 1.165) is 0 Å². The monoisotopic (exact) mass is 272 g/mol. The van der Waals surface area contributed by atoms with Crippen molar-refractivity contribution in [2.45, 2.75) is 4.90 Å². The summed E-state index contributed by atoms with van der Waals surface area (Å²) in [5.74, 6) is -0.215. The summed E-state index contributed by atoms with van der Waals surface area (Å²) in [6.45, 7) is 2.62. The Balaban J connectivity index is 2.05. The molecule has 1 aliphatic heterocycles. The van der Waals surface area contributed by atoms with E-state index in [1.807, 2.05) is 5.01 Å². The number of ether oxygens (including phenoxy) is 1. The molecule has 0 bridgehead atoms. The molecule has 2 rings (SSSR count). The molecule has 1 aromatic carbocycles. The van der Waals surface area contributed by atoms with Gasteiger partial charge in [0.15, 0.2) is 0 Å². The molecule has 0 radical (unpaired) electrons. The van der Waals surface area contributed by atoms with E-state index in [4.69, 9.17) is 16.3 Å². The first-order chi connectivity index (χ1) is 8.16. The molecule has 1 amide bonds. The van der Waals surface area contributed by atoms with E-state index < -0.39 is 0 Å². The molecule has 0 atom stereocenters. The van der Waals surface area contributed by atoms with E-state index in [0.29, 0.717) is 41.8 Å². The Hall–Kier alpha value is -0.750. The maximum Gasteiger partial charge on any atom is 0.267 e. The van der Waals surface area contributed by atoms with Crippen LogP contribution < -0.4 is 5.43 Å². The highest BCUT2D eigenvalue weighted by Gasteiger charge is 2.16. The van der Waals surface area contributed by atoms with Gasteiger partial charge in [-0.3, -0.25) is 10.2 Å². The highest BCUT2D eigenvalue weighted by Crippen LogP contribution is 2.19. The number of amides is 1. The minimum atomic E-state index is -0.215. The normalized spacial score (nSPS) is 16.8. The zero-order valence-corrected chi connectivity index (χ0v) is 10.8. The van der Waals surface area contributed by atoms with E-state index in [-0.39, 0.29) is 5.91 Å². The molecule has 0 aliphatic carbocycles. The zero-order valence-electron chi connectivity index (χ0n) is 9.15. The quantitative estimate of drug-likeness (QED) is 0.804. The lowest BCUT2D eigenvalue weighted by Gasteiger charge is -2.27. The molecule has 4 nitrogen and oxygen atoms in total. The van der Waals surface area contributed by atoms with Crippen LogP contribution in [0.3, 0.4) is 0 Å². The number of rotatable bonds is 2. The van der Waals surface area contributed by atoms with Crippen LogP contribution in [0.5, 0.6) is 0 Å².